The minimum atomic E-state index is -4.24. The van der Waals surface area contributed by atoms with Crippen molar-refractivity contribution in [2.24, 2.45) is 11.7 Å². The molecule has 0 aliphatic heterocycles. The number of fused-ring (bicyclic) bond motifs is 1. The highest BCUT2D eigenvalue weighted by molar-refractivity contribution is 5.35. The van der Waals surface area contributed by atoms with Crippen LogP contribution in [0.1, 0.15) is 30.0 Å². The molecule has 0 bridgehead atoms. The van der Waals surface area contributed by atoms with Crippen molar-refractivity contribution in [3.63, 3.8) is 0 Å². The quantitative estimate of drug-likeness (QED) is 0.836. The summed E-state index contributed by atoms with van der Waals surface area (Å²) in [5, 5.41) is 0. The van der Waals surface area contributed by atoms with Gasteiger partial charge in [0.05, 0.1) is 0 Å². The van der Waals surface area contributed by atoms with Crippen LogP contribution in [0.2, 0.25) is 0 Å². The van der Waals surface area contributed by atoms with E-state index in [4.69, 9.17) is 5.73 Å². The van der Waals surface area contributed by atoms with Gasteiger partial charge in [-0.2, -0.15) is 13.2 Å². The Kier molecular flexibility index (Phi) is 4.47. The summed E-state index contributed by atoms with van der Waals surface area (Å²) < 4.78 is 40.2. The summed E-state index contributed by atoms with van der Waals surface area (Å²) in [7, 11) is 0. The van der Waals surface area contributed by atoms with Gasteiger partial charge in [-0.3, -0.25) is 0 Å². The number of benzene rings is 1. The molecule has 2 rings (SSSR count). The Morgan fingerprint density at radius 3 is 2.68 bits per heavy atom. The largest absolute Gasteiger partial charge is 0.411 e. The second-order valence-electron chi connectivity index (χ2n) is 5.00. The molecule has 2 atom stereocenters. The lowest BCUT2D eigenvalue weighted by Crippen LogP contribution is -2.19. The molecule has 1 aliphatic rings. The molecule has 1 aromatic carbocycles. The average Bonchev–Trinajstić information content (AvgIpc) is 2.65. The van der Waals surface area contributed by atoms with Crippen LogP contribution >= 0.6 is 0 Å². The molecule has 0 spiro atoms. The minimum Gasteiger partial charge on any atom is -0.372 e. The summed E-state index contributed by atoms with van der Waals surface area (Å²) in [5.74, 6) is 0.312. The van der Waals surface area contributed by atoms with E-state index < -0.39 is 12.8 Å². The Labute approximate surface area is 110 Å². The number of hydrogen-bond acceptors (Lipinski definition) is 2. The van der Waals surface area contributed by atoms with Crippen LogP contribution in [-0.2, 0) is 11.2 Å². The zero-order valence-corrected chi connectivity index (χ0v) is 10.6. The smallest absolute Gasteiger partial charge is 0.372 e. The molecule has 2 N–H and O–H groups in total. The molecule has 2 unspecified atom stereocenters. The van der Waals surface area contributed by atoms with Crippen LogP contribution < -0.4 is 5.73 Å². The first-order chi connectivity index (χ1) is 8.97. The van der Waals surface area contributed by atoms with Crippen LogP contribution in [-0.4, -0.2) is 19.4 Å². The SMILES string of the molecule is NC1c2ccccc2CC1CCCOCC(F)(F)F. The Morgan fingerprint density at radius 1 is 1.26 bits per heavy atom. The molecule has 0 saturated carbocycles. The van der Waals surface area contributed by atoms with Gasteiger partial charge in [0.1, 0.15) is 6.61 Å². The third-order valence-corrected chi connectivity index (χ3v) is 3.53. The third kappa shape index (κ3) is 3.94. The van der Waals surface area contributed by atoms with E-state index in [0.717, 1.165) is 12.8 Å². The van der Waals surface area contributed by atoms with Crippen molar-refractivity contribution in [3.05, 3.63) is 35.4 Å². The highest BCUT2D eigenvalue weighted by Crippen LogP contribution is 2.36. The molecule has 0 saturated heterocycles. The number of nitrogens with two attached hydrogens (primary N) is 1. The predicted octanol–water partition coefficient (Wildman–Crippen LogP) is 3.22. The fraction of sp³-hybridized carbons (Fsp3) is 0.571. The third-order valence-electron chi connectivity index (χ3n) is 3.53. The summed E-state index contributed by atoms with van der Waals surface area (Å²) in [4.78, 5) is 0. The van der Waals surface area contributed by atoms with Gasteiger partial charge in [-0.05, 0) is 36.3 Å². The molecule has 0 amide bonds. The van der Waals surface area contributed by atoms with Gasteiger partial charge >= 0.3 is 6.18 Å². The normalized spacial score (nSPS) is 22.5. The van der Waals surface area contributed by atoms with E-state index in [0.29, 0.717) is 12.3 Å². The minimum absolute atomic E-state index is 0.00110. The number of ether oxygens (including phenoxy) is 1. The van der Waals surface area contributed by atoms with E-state index in [-0.39, 0.29) is 12.6 Å². The van der Waals surface area contributed by atoms with E-state index in [1.54, 1.807) is 0 Å². The Morgan fingerprint density at radius 2 is 2.00 bits per heavy atom. The van der Waals surface area contributed by atoms with E-state index in [1.165, 1.54) is 11.1 Å². The van der Waals surface area contributed by atoms with Gasteiger partial charge in [-0.1, -0.05) is 24.3 Å². The van der Waals surface area contributed by atoms with Gasteiger partial charge in [0.2, 0.25) is 0 Å². The van der Waals surface area contributed by atoms with Crippen molar-refractivity contribution < 1.29 is 17.9 Å². The summed E-state index contributed by atoms with van der Waals surface area (Å²) in [6.45, 7) is -1.02. The molecule has 0 aromatic heterocycles. The molecular weight excluding hydrogens is 255 g/mol. The molecule has 5 heteroatoms. The lowest BCUT2D eigenvalue weighted by Gasteiger charge is -2.16. The summed E-state index contributed by atoms with van der Waals surface area (Å²) in [6.07, 6.45) is -1.91. The standard InChI is InChI=1S/C14H18F3NO/c15-14(16,17)9-19-7-3-5-11-8-10-4-1-2-6-12(10)13(11)18/h1-2,4,6,11,13H,3,5,7-9,18H2. The molecule has 2 nitrogen and oxygen atoms in total. The Bertz CT molecular complexity index is 419. The second kappa shape index (κ2) is 5.92. The van der Waals surface area contributed by atoms with Crippen LogP contribution in [0.15, 0.2) is 24.3 Å². The van der Waals surface area contributed by atoms with Crippen molar-refractivity contribution >= 4 is 0 Å². The van der Waals surface area contributed by atoms with Gasteiger partial charge in [-0.25, -0.2) is 0 Å². The lowest BCUT2D eigenvalue weighted by molar-refractivity contribution is -0.174. The zero-order valence-electron chi connectivity index (χ0n) is 10.6. The first kappa shape index (κ1) is 14.3. The van der Waals surface area contributed by atoms with E-state index >= 15 is 0 Å². The van der Waals surface area contributed by atoms with Crippen LogP contribution in [0.4, 0.5) is 13.2 Å². The van der Waals surface area contributed by atoms with E-state index in [9.17, 15) is 13.2 Å². The predicted molar refractivity (Wildman–Crippen MR) is 66.7 cm³/mol. The van der Waals surface area contributed by atoms with Crippen LogP contribution in [0, 0.1) is 5.92 Å². The fourth-order valence-corrected chi connectivity index (χ4v) is 2.63. The number of rotatable bonds is 5. The average molecular weight is 273 g/mol. The first-order valence-corrected chi connectivity index (χ1v) is 6.45. The molecule has 1 aromatic rings. The maximum Gasteiger partial charge on any atom is 0.411 e. The van der Waals surface area contributed by atoms with Gasteiger partial charge in [0.15, 0.2) is 0 Å². The van der Waals surface area contributed by atoms with Gasteiger partial charge in [0, 0.05) is 12.6 Å². The molecular formula is C14H18F3NO. The van der Waals surface area contributed by atoms with Gasteiger partial charge < -0.3 is 10.5 Å². The zero-order chi connectivity index (χ0) is 13.9. The number of alkyl halides is 3. The van der Waals surface area contributed by atoms with Crippen LogP contribution in [0.3, 0.4) is 0 Å². The molecule has 0 fully saturated rings. The highest BCUT2D eigenvalue weighted by Gasteiger charge is 2.29. The van der Waals surface area contributed by atoms with Crippen molar-refractivity contribution in [2.45, 2.75) is 31.5 Å². The fourth-order valence-electron chi connectivity index (χ4n) is 2.63. The van der Waals surface area contributed by atoms with Crippen molar-refractivity contribution in [3.8, 4) is 0 Å². The van der Waals surface area contributed by atoms with Crippen molar-refractivity contribution in [2.75, 3.05) is 13.2 Å². The Hall–Kier alpha value is -1.07. The molecule has 0 heterocycles. The Balaban J connectivity index is 1.72. The number of halogens is 3. The lowest BCUT2D eigenvalue weighted by atomic mass is 9.96. The topological polar surface area (TPSA) is 35.2 Å². The van der Waals surface area contributed by atoms with Crippen LogP contribution in [0.25, 0.3) is 0 Å². The summed E-state index contributed by atoms with van der Waals surface area (Å²) in [6, 6.07) is 8.04. The maximum absolute atomic E-state index is 11.9. The summed E-state index contributed by atoms with van der Waals surface area (Å²) >= 11 is 0. The molecule has 106 valence electrons. The second-order valence-corrected chi connectivity index (χ2v) is 5.00. The molecule has 19 heavy (non-hydrogen) atoms. The van der Waals surface area contributed by atoms with Crippen LogP contribution in [0.5, 0.6) is 0 Å². The monoisotopic (exact) mass is 273 g/mol. The van der Waals surface area contributed by atoms with Gasteiger partial charge in [-0.15, -0.1) is 0 Å². The molecule has 0 radical (unpaired) electrons. The van der Waals surface area contributed by atoms with Crippen molar-refractivity contribution in [1.29, 1.82) is 0 Å². The maximum atomic E-state index is 11.9. The molecule has 1 aliphatic carbocycles. The van der Waals surface area contributed by atoms with E-state index in [1.807, 2.05) is 18.2 Å². The summed E-state index contributed by atoms with van der Waals surface area (Å²) in [5.41, 5.74) is 8.58. The highest BCUT2D eigenvalue weighted by atomic mass is 19.4. The van der Waals surface area contributed by atoms with Crippen molar-refractivity contribution in [1.82, 2.24) is 0 Å². The van der Waals surface area contributed by atoms with Gasteiger partial charge in [0.25, 0.3) is 0 Å². The van der Waals surface area contributed by atoms with E-state index in [2.05, 4.69) is 10.8 Å². The first-order valence-electron chi connectivity index (χ1n) is 6.45. The number of hydrogen-bond donors (Lipinski definition) is 1.